The zero-order valence-electron chi connectivity index (χ0n) is 26.0. The van der Waals surface area contributed by atoms with E-state index < -0.39 is 29.7 Å². The van der Waals surface area contributed by atoms with E-state index >= 15 is 0 Å². The van der Waals surface area contributed by atoms with Crippen LogP contribution in [0.4, 0.5) is 5.82 Å². The van der Waals surface area contributed by atoms with Gasteiger partial charge >= 0.3 is 5.69 Å². The second-order valence-corrected chi connectivity index (χ2v) is 11.1. The fourth-order valence-corrected chi connectivity index (χ4v) is 5.80. The van der Waals surface area contributed by atoms with Gasteiger partial charge in [0.25, 0.3) is 5.91 Å². The molecule has 1 aliphatic rings. The summed E-state index contributed by atoms with van der Waals surface area (Å²) in [7, 11) is 3.23. The summed E-state index contributed by atoms with van der Waals surface area (Å²) < 4.78 is 25.3. The van der Waals surface area contributed by atoms with Gasteiger partial charge in [0.2, 0.25) is 0 Å². The Balaban J connectivity index is 1.26. The molecule has 0 aliphatic carbocycles. The van der Waals surface area contributed by atoms with E-state index in [1.165, 1.54) is 16.8 Å². The van der Waals surface area contributed by atoms with E-state index in [1.807, 2.05) is 84.9 Å². The molecule has 1 fully saturated rings. The summed E-state index contributed by atoms with van der Waals surface area (Å²) >= 11 is 0. The monoisotopic (exact) mass is 633 g/mol. The molecule has 10 nitrogen and oxygen atoms in total. The molecule has 0 saturated carbocycles. The van der Waals surface area contributed by atoms with Gasteiger partial charge in [-0.3, -0.25) is 9.36 Å². The van der Waals surface area contributed by atoms with Crippen LogP contribution < -0.4 is 20.5 Å². The fraction of sp³-hybridized carbons (Fsp3) is 0.216. The Morgan fingerprint density at radius 1 is 0.851 bits per heavy atom. The van der Waals surface area contributed by atoms with Crippen molar-refractivity contribution in [2.75, 3.05) is 26.1 Å². The second-order valence-electron chi connectivity index (χ2n) is 11.1. The molecule has 6 rings (SSSR count). The van der Waals surface area contributed by atoms with E-state index in [4.69, 9.17) is 18.9 Å². The van der Waals surface area contributed by atoms with Crippen LogP contribution in [0, 0.1) is 0 Å². The lowest BCUT2D eigenvalue weighted by Crippen LogP contribution is -2.38. The Morgan fingerprint density at radius 3 is 1.96 bits per heavy atom. The highest BCUT2D eigenvalue weighted by Crippen LogP contribution is 2.42. The van der Waals surface area contributed by atoms with Crippen LogP contribution in [-0.2, 0) is 15.1 Å². The molecule has 47 heavy (non-hydrogen) atoms. The zero-order valence-corrected chi connectivity index (χ0v) is 26.0. The van der Waals surface area contributed by atoms with Crippen LogP contribution in [0.25, 0.3) is 0 Å². The van der Waals surface area contributed by atoms with Gasteiger partial charge in [-0.25, -0.2) is 4.79 Å². The Kier molecular flexibility index (Phi) is 9.44. The van der Waals surface area contributed by atoms with Crippen LogP contribution >= 0.6 is 0 Å². The number of hydrogen-bond acceptors (Lipinski definition) is 8. The van der Waals surface area contributed by atoms with Gasteiger partial charge in [0.15, 0.2) is 0 Å². The SMILES string of the molecule is COc1ccc(C(OCC2O[C@@H](n3ccc(NC(=O)c4ccccc4)nc3=O)C[C@@H]2O)(c2ccccc2)c2ccc(OC)cc2)cc1. The number of aliphatic hydroxyl groups is 1. The molecule has 0 bridgehead atoms. The lowest BCUT2D eigenvalue weighted by Gasteiger charge is -2.37. The summed E-state index contributed by atoms with van der Waals surface area (Å²) in [4.78, 5) is 29.6. The Bertz CT molecular complexity index is 1800. The number of benzene rings is 4. The van der Waals surface area contributed by atoms with E-state index in [-0.39, 0.29) is 24.8 Å². The Labute approximate surface area is 272 Å². The highest BCUT2D eigenvalue weighted by atomic mass is 16.6. The number of carbonyl (C=O) groups excluding carboxylic acids is 1. The number of amides is 1. The Hall–Kier alpha value is -5.29. The van der Waals surface area contributed by atoms with Gasteiger partial charge in [0.05, 0.1) is 26.9 Å². The van der Waals surface area contributed by atoms with Gasteiger partial charge in [-0.1, -0.05) is 72.8 Å². The van der Waals surface area contributed by atoms with Crippen molar-refractivity contribution in [3.05, 3.63) is 154 Å². The average molecular weight is 634 g/mol. The first kappa shape index (κ1) is 31.7. The molecular weight excluding hydrogens is 598 g/mol. The van der Waals surface area contributed by atoms with Gasteiger partial charge in [-0.15, -0.1) is 0 Å². The number of anilines is 1. The number of nitrogens with zero attached hydrogens (tertiary/aromatic N) is 2. The number of carbonyl (C=O) groups is 1. The van der Waals surface area contributed by atoms with Gasteiger partial charge in [0, 0.05) is 18.2 Å². The molecule has 5 aromatic rings. The molecule has 10 heteroatoms. The summed E-state index contributed by atoms with van der Waals surface area (Å²) in [5, 5.41) is 13.8. The molecule has 2 N–H and O–H groups in total. The van der Waals surface area contributed by atoms with E-state index in [0.29, 0.717) is 17.1 Å². The van der Waals surface area contributed by atoms with E-state index in [1.54, 1.807) is 38.5 Å². The van der Waals surface area contributed by atoms with Gasteiger partial charge in [0.1, 0.15) is 35.2 Å². The fourth-order valence-electron chi connectivity index (χ4n) is 5.80. The second kappa shape index (κ2) is 14.0. The molecule has 0 radical (unpaired) electrons. The van der Waals surface area contributed by atoms with Crippen molar-refractivity contribution in [2.24, 2.45) is 0 Å². The third kappa shape index (κ3) is 6.66. The number of rotatable bonds is 11. The quantitative estimate of drug-likeness (QED) is 0.191. The maximum Gasteiger partial charge on any atom is 0.351 e. The molecule has 240 valence electrons. The normalized spacial score (nSPS) is 17.6. The van der Waals surface area contributed by atoms with Crippen molar-refractivity contribution in [3.8, 4) is 11.5 Å². The largest absolute Gasteiger partial charge is 0.497 e. The third-order valence-corrected chi connectivity index (χ3v) is 8.26. The molecule has 3 atom stereocenters. The summed E-state index contributed by atoms with van der Waals surface area (Å²) in [5.41, 5.74) is 1.27. The molecule has 1 aromatic heterocycles. The number of aromatic nitrogens is 2. The Morgan fingerprint density at radius 2 is 1.40 bits per heavy atom. The summed E-state index contributed by atoms with van der Waals surface area (Å²) in [5.74, 6) is 1.14. The van der Waals surface area contributed by atoms with Crippen LogP contribution in [0.2, 0.25) is 0 Å². The van der Waals surface area contributed by atoms with Crippen LogP contribution in [-0.4, -0.2) is 53.6 Å². The third-order valence-electron chi connectivity index (χ3n) is 8.26. The van der Waals surface area contributed by atoms with Crippen molar-refractivity contribution in [2.45, 2.75) is 30.5 Å². The van der Waals surface area contributed by atoms with Crippen molar-refractivity contribution >= 4 is 11.7 Å². The molecule has 2 heterocycles. The maximum atomic E-state index is 13.0. The van der Waals surface area contributed by atoms with E-state index in [2.05, 4.69) is 10.3 Å². The summed E-state index contributed by atoms with van der Waals surface area (Å²) in [6.45, 7) is -0.00197. The van der Waals surface area contributed by atoms with Gasteiger partial charge in [-0.05, 0) is 59.2 Å². The summed E-state index contributed by atoms with van der Waals surface area (Å²) in [6.07, 6.45) is -0.826. The van der Waals surface area contributed by atoms with Crippen LogP contribution in [0.3, 0.4) is 0 Å². The molecule has 1 aliphatic heterocycles. The van der Waals surface area contributed by atoms with Crippen LogP contribution in [0.1, 0.15) is 39.7 Å². The first-order chi connectivity index (χ1) is 22.9. The number of hydrogen-bond donors (Lipinski definition) is 2. The predicted octanol–water partition coefficient (Wildman–Crippen LogP) is 5.17. The average Bonchev–Trinajstić information content (AvgIpc) is 3.49. The molecule has 1 amide bonds. The van der Waals surface area contributed by atoms with Crippen molar-refractivity contribution in [1.29, 1.82) is 0 Å². The molecule has 0 spiro atoms. The molecule has 1 saturated heterocycles. The van der Waals surface area contributed by atoms with Crippen molar-refractivity contribution < 1.29 is 28.8 Å². The van der Waals surface area contributed by atoms with Crippen LogP contribution in [0.5, 0.6) is 11.5 Å². The standard InChI is InChI=1S/C37H35N3O7/c1-44-29-17-13-27(14-18-29)37(26-11-7-4-8-12-26,28-15-19-30(45-2)20-16-28)46-24-32-31(41)23-34(47-32)40-22-21-33(39-36(40)43)38-35(42)25-9-5-3-6-10-25/h3-22,31-32,34,41H,23-24H2,1-2H3,(H,38,39,42,43)/t31-,32?,34+/m0/s1. The topological polar surface area (TPSA) is 121 Å². The minimum absolute atomic E-state index is 0.00197. The zero-order chi connectivity index (χ0) is 32.8. The van der Waals surface area contributed by atoms with Crippen molar-refractivity contribution in [3.63, 3.8) is 0 Å². The molecule has 4 aromatic carbocycles. The predicted molar refractivity (Wildman–Crippen MR) is 176 cm³/mol. The number of ether oxygens (including phenoxy) is 4. The first-order valence-corrected chi connectivity index (χ1v) is 15.2. The van der Waals surface area contributed by atoms with E-state index in [0.717, 1.165) is 16.7 Å². The lowest BCUT2D eigenvalue weighted by molar-refractivity contribution is -0.0944. The first-order valence-electron chi connectivity index (χ1n) is 15.2. The highest BCUT2D eigenvalue weighted by molar-refractivity contribution is 6.03. The maximum absolute atomic E-state index is 13.0. The van der Waals surface area contributed by atoms with Gasteiger partial charge < -0.3 is 29.4 Å². The van der Waals surface area contributed by atoms with E-state index in [9.17, 15) is 14.7 Å². The molecular formula is C37H35N3O7. The summed E-state index contributed by atoms with van der Waals surface area (Å²) in [6, 6.07) is 35.3. The highest BCUT2D eigenvalue weighted by Gasteiger charge is 2.42. The minimum Gasteiger partial charge on any atom is -0.497 e. The number of methoxy groups -OCH3 is 2. The van der Waals surface area contributed by atoms with Crippen LogP contribution in [0.15, 0.2) is 126 Å². The molecule has 1 unspecified atom stereocenters. The van der Waals surface area contributed by atoms with Gasteiger partial charge in [-0.2, -0.15) is 4.98 Å². The van der Waals surface area contributed by atoms with Crippen molar-refractivity contribution in [1.82, 2.24) is 9.55 Å². The minimum atomic E-state index is -1.10. The smallest absolute Gasteiger partial charge is 0.351 e. The lowest BCUT2D eigenvalue weighted by atomic mass is 9.80. The number of aliphatic hydroxyl groups excluding tert-OH is 1. The number of nitrogens with one attached hydrogen (secondary N) is 1.